The number of nitrogens with two attached hydrogens (primary N) is 1. The highest BCUT2D eigenvalue weighted by Crippen LogP contribution is 2.36. The highest BCUT2D eigenvalue weighted by molar-refractivity contribution is 7.18. The molecule has 2 heterocycles. The molecule has 0 spiro atoms. The zero-order chi connectivity index (χ0) is 22.8. The fraction of sp³-hybridized carbons (Fsp3) is 0.412. The highest BCUT2D eigenvalue weighted by Gasteiger charge is 2.38. The Labute approximate surface area is 178 Å². The number of amides is 2. The van der Waals surface area contributed by atoms with Crippen molar-refractivity contribution in [3.8, 4) is 0 Å². The molecule has 0 aliphatic rings. The topological polar surface area (TPSA) is 116 Å². The Bertz CT molecular complexity index is 1000. The fourth-order valence-electron chi connectivity index (χ4n) is 2.61. The average Bonchev–Trinajstić information content (AvgIpc) is 3.10. The van der Waals surface area contributed by atoms with Crippen LogP contribution in [-0.4, -0.2) is 34.2 Å². The molecule has 30 heavy (non-hydrogen) atoms. The first kappa shape index (κ1) is 23.7. The third kappa shape index (κ3) is 4.93. The first-order chi connectivity index (χ1) is 13.9. The number of nitrogens with one attached hydrogen (secondary N) is 1. The van der Waals surface area contributed by atoms with Crippen molar-refractivity contribution in [1.82, 2.24) is 9.78 Å². The molecule has 2 aromatic rings. The van der Waals surface area contributed by atoms with E-state index in [0.717, 1.165) is 16.0 Å². The number of carbonyl (C=O) groups is 3. The lowest BCUT2D eigenvalue weighted by molar-refractivity contribution is -0.141. The van der Waals surface area contributed by atoms with Crippen molar-refractivity contribution in [2.24, 2.45) is 5.73 Å². The van der Waals surface area contributed by atoms with Gasteiger partial charge in [-0.25, -0.2) is 4.79 Å². The van der Waals surface area contributed by atoms with E-state index in [9.17, 15) is 27.6 Å². The summed E-state index contributed by atoms with van der Waals surface area (Å²) in [5, 5.41) is 5.43. The van der Waals surface area contributed by atoms with E-state index < -0.39 is 34.7 Å². The van der Waals surface area contributed by atoms with Crippen LogP contribution in [0, 0.1) is 13.8 Å². The van der Waals surface area contributed by atoms with Gasteiger partial charge in [-0.05, 0) is 26.3 Å². The number of halogens is 4. The number of anilines is 1. The van der Waals surface area contributed by atoms with Gasteiger partial charge >= 0.3 is 12.1 Å². The summed E-state index contributed by atoms with van der Waals surface area (Å²) in [6, 6.07) is 0. The van der Waals surface area contributed by atoms with Crippen LogP contribution < -0.4 is 11.1 Å². The normalized spacial score (nSPS) is 11.4. The van der Waals surface area contributed by atoms with Gasteiger partial charge in [0.25, 0.3) is 5.91 Å². The van der Waals surface area contributed by atoms with Crippen LogP contribution in [0.1, 0.15) is 50.3 Å². The molecule has 164 valence electrons. The molecule has 0 aliphatic carbocycles. The van der Waals surface area contributed by atoms with Crippen molar-refractivity contribution in [2.75, 3.05) is 11.9 Å². The zero-order valence-corrected chi connectivity index (χ0v) is 17.7. The summed E-state index contributed by atoms with van der Waals surface area (Å²) in [6.07, 6.45) is -4.98. The van der Waals surface area contributed by atoms with Crippen LogP contribution in [0.4, 0.5) is 18.2 Å². The third-order valence-electron chi connectivity index (χ3n) is 4.06. The maximum Gasteiger partial charge on any atom is 0.436 e. The second-order valence-corrected chi connectivity index (χ2v) is 7.51. The second kappa shape index (κ2) is 9.04. The minimum absolute atomic E-state index is 0.00155. The van der Waals surface area contributed by atoms with Crippen molar-refractivity contribution in [3.63, 3.8) is 0 Å². The van der Waals surface area contributed by atoms with Gasteiger partial charge in [-0.3, -0.25) is 14.3 Å². The number of rotatable bonds is 7. The van der Waals surface area contributed by atoms with Gasteiger partial charge in [0, 0.05) is 6.42 Å². The van der Waals surface area contributed by atoms with Gasteiger partial charge in [0.15, 0.2) is 5.69 Å². The van der Waals surface area contributed by atoms with Crippen molar-refractivity contribution in [2.45, 2.75) is 39.9 Å². The van der Waals surface area contributed by atoms with Crippen LogP contribution in [0.3, 0.4) is 0 Å². The van der Waals surface area contributed by atoms with Crippen LogP contribution in [0.2, 0.25) is 5.02 Å². The number of primary amides is 1. The number of aryl methyl sites for hydroxylation is 1. The van der Waals surface area contributed by atoms with E-state index in [1.54, 1.807) is 6.92 Å². The fourth-order valence-corrected chi connectivity index (χ4v) is 3.91. The third-order valence-corrected chi connectivity index (χ3v) is 5.73. The number of ether oxygens (including phenoxy) is 1. The van der Waals surface area contributed by atoms with Gasteiger partial charge in [-0.15, -0.1) is 11.3 Å². The van der Waals surface area contributed by atoms with Gasteiger partial charge in [-0.2, -0.15) is 18.3 Å². The summed E-state index contributed by atoms with van der Waals surface area (Å²) in [7, 11) is 0. The number of hydrogen-bond donors (Lipinski definition) is 2. The number of thiophene rings is 1. The smallest absolute Gasteiger partial charge is 0.436 e. The highest BCUT2D eigenvalue weighted by atomic mass is 35.5. The molecule has 0 bridgehead atoms. The number of alkyl halides is 3. The Balaban J connectivity index is 2.20. The molecule has 8 nitrogen and oxygen atoms in total. The molecular weight excluding hydrogens is 449 g/mol. The minimum atomic E-state index is -4.72. The summed E-state index contributed by atoms with van der Waals surface area (Å²) < 4.78 is 44.6. The predicted molar refractivity (Wildman–Crippen MR) is 104 cm³/mol. The maximum absolute atomic E-state index is 12.9. The number of carbonyl (C=O) groups excluding carboxylic acids is 3. The SMILES string of the molecule is CCOC(=O)c1c(NC(=O)CCn2nc(C(F)(F)F)c(Cl)c2C)sc(C(N)=O)c1C. The molecule has 0 saturated carbocycles. The van der Waals surface area contributed by atoms with E-state index in [-0.39, 0.29) is 46.3 Å². The Morgan fingerprint density at radius 1 is 1.30 bits per heavy atom. The molecule has 0 saturated heterocycles. The number of esters is 1. The van der Waals surface area contributed by atoms with E-state index >= 15 is 0 Å². The largest absolute Gasteiger partial charge is 0.462 e. The van der Waals surface area contributed by atoms with E-state index in [1.165, 1.54) is 13.8 Å². The van der Waals surface area contributed by atoms with Gasteiger partial charge in [0.05, 0.1) is 34.3 Å². The van der Waals surface area contributed by atoms with Gasteiger partial charge < -0.3 is 15.8 Å². The number of nitrogens with zero attached hydrogens (tertiary/aromatic N) is 2. The molecular formula is C17H18ClF3N4O4S. The maximum atomic E-state index is 12.9. The molecule has 0 fully saturated rings. The first-order valence-electron chi connectivity index (χ1n) is 8.58. The molecule has 0 aromatic carbocycles. The molecule has 2 aromatic heterocycles. The molecule has 13 heteroatoms. The van der Waals surface area contributed by atoms with Crippen molar-refractivity contribution in [3.05, 3.63) is 32.4 Å². The lowest BCUT2D eigenvalue weighted by Crippen LogP contribution is -2.17. The summed E-state index contributed by atoms with van der Waals surface area (Å²) in [6.45, 7) is 4.33. The predicted octanol–water partition coefficient (Wildman–Crippen LogP) is 3.54. The lowest BCUT2D eigenvalue weighted by Gasteiger charge is -2.08. The first-order valence-corrected chi connectivity index (χ1v) is 9.78. The van der Waals surface area contributed by atoms with Crippen LogP contribution in [-0.2, 0) is 22.3 Å². The van der Waals surface area contributed by atoms with E-state index in [2.05, 4.69) is 10.4 Å². The van der Waals surface area contributed by atoms with Gasteiger partial charge in [0.2, 0.25) is 5.91 Å². The van der Waals surface area contributed by atoms with E-state index in [4.69, 9.17) is 22.1 Å². The molecule has 3 N–H and O–H groups in total. The molecule has 0 radical (unpaired) electrons. The Morgan fingerprint density at radius 2 is 1.93 bits per heavy atom. The Hall–Kier alpha value is -2.60. The Kier molecular flexibility index (Phi) is 7.14. The zero-order valence-electron chi connectivity index (χ0n) is 16.1. The summed E-state index contributed by atoms with van der Waals surface area (Å²) >= 11 is 6.49. The lowest BCUT2D eigenvalue weighted by atomic mass is 10.1. The molecule has 2 rings (SSSR count). The minimum Gasteiger partial charge on any atom is -0.462 e. The number of hydrogen-bond acceptors (Lipinski definition) is 6. The van der Waals surface area contributed by atoms with Crippen LogP contribution in [0.5, 0.6) is 0 Å². The van der Waals surface area contributed by atoms with Crippen LogP contribution in [0.15, 0.2) is 0 Å². The molecule has 0 atom stereocenters. The summed E-state index contributed by atoms with van der Waals surface area (Å²) in [5.74, 6) is -2.12. The van der Waals surface area contributed by atoms with Crippen LogP contribution >= 0.6 is 22.9 Å². The van der Waals surface area contributed by atoms with Crippen molar-refractivity contribution < 1.29 is 32.3 Å². The quantitative estimate of drug-likeness (QED) is 0.605. The van der Waals surface area contributed by atoms with Crippen LogP contribution in [0.25, 0.3) is 0 Å². The standard InChI is InChI=1S/C17H18ClF3N4O4S/c1-4-29-16(28)10-7(2)12(14(22)27)30-15(10)23-9(26)5-6-25-8(3)11(18)13(24-25)17(19,20)21/h4-6H2,1-3H3,(H2,22,27)(H,23,26). The number of aromatic nitrogens is 2. The summed E-state index contributed by atoms with van der Waals surface area (Å²) in [4.78, 5) is 36.2. The van der Waals surface area contributed by atoms with Crippen molar-refractivity contribution in [1.29, 1.82) is 0 Å². The van der Waals surface area contributed by atoms with E-state index in [0.29, 0.717) is 0 Å². The van der Waals surface area contributed by atoms with E-state index in [1.807, 2.05) is 0 Å². The molecule has 0 aliphatic heterocycles. The van der Waals surface area contributed by atoms with Gasteiger partial charge in [0.1, 0.15) is 5.00 Å². The molecule has 0 unspecified atom stereocenters. The molecule has 2 amide bonds. The average molecular weight is 467 g/mol. The van der Waals surface area contributed by atoms with Crippen molar-refractivity contribution >= 4 is 45.7 Å². The second-order valence-electron chi connectivity index (χ2n) is 6.11. The monoisotopic (exact) mass is 466 g/mol. The Morgan fingerprint density at radius 3 is 2.43 bits per heavy atom. The summed E-state index contributed by atoms with van der Waals surface area (Å²) in [5.41, 5.74) is 4.40. The van der Waals surface area contributed by atoms with Gasteiger partial charge in [-0.1, -0.05) is 11.6 Å².